The molecule has 1 heterocycles. The van der Waals surface area contributed by atoms with Crippen LogP contribution in [0.15, 0.2) is 66.7 Å². The molecule has 9 nitrogen and oxygen atoms in total. The zero-order valence-corrected chi connectivity index (χ0v) is 23.6. The smallest absolute Gasteiger partial charge is 0.256 e. The average molecular weight is 559 g/mol. The van der Waals surface area contributed by atoms with Gasteiger partial charge in [0.25, 0.3) is 5.91 Å². The van der Waals surface area contributed by atoms with Crippen LogP contribution in [0.25, 0.3) is 0 Å². The first-order chi connectivity index (χ1) is 19.7. The van der Waals surface area contributed by atoms with Gasteiger partial charge < -0.3 is 20.3 Å². The van der Waals surface area contributed by atoms with Crippen molar-refractivity contribution in [1.29, 1.82) is 5.26 Å². The van der Waals surface area contributed by atoms with E-state index in [1.54, 1.807) is 35.2 Å². The van der Waals surface area contributed by atoms with Gasteiger partial charge in [-0.1, -0.05) is 38.1 Å². The van der Waals surface area contributed by atoms with Gasteiger partial charge in [-0.25, -0.2) is 9.40 Å². The van der Waals surface area contributed by atoms with Crippen molar-refractivity contribution in [2.75, 3.05) is 38.1 Å². The Bertz CT molecular complexity index is 1380. The molecule has 0 aliphatic carbocycles. The second kappa shape index (κ2) is 13.7. The van der Waals surface area contributed by atoms with Crippen LogP contribution in [0.4, 0.5) is 10.1 Å². The highest BCUT2D eigenvalue weighted by atomic mass is 19.1. The molecule has 214 valence electrons. The highest BCUT2D eigenvalue weighted by Gasteiger charge is 2.27. The first kappa shape index (κ1) is 29.5. The molecular weight excluding hydrogens is 523 g/mol. The number of hydrogen-bond donors (Lipinski definition) is 2. The van der Waals surface area contributed by atoms with Crippen molar-refractivity contribution < 1.29 is 18.7 Å². The predicted molar refractivity (Wildman–Crippen MR) is 154 cm³/mol. The number of carbonyl (C=O) groups is 2. The van der Waals surface area contributed by atoms with Gasteiger partial charge in [0, 0.05) is 39.3 Å². The second-order valence-electron chi connectivity index (χ2n) is 10.2. The van der Waals surface area contributed by atoms with Crippen molar-refractivity contribution in [3.63, 3.8) is 0 Å². The lowest BCUT2D eigenvalue weighted by molar-refractivity contribution is -0.145. The van der Waals surface area contributed by atoms with Crippen molar-refractivity contribution >= 4 is 17.5 Å². The summed E-state index contributed by atoms with van der Waals surface area (Å²) < 4.78 is 19.5. The van der Waals surface area contributed by atoms with Crippen molar-refractivity contribution in [2.24, 2.45) is 0 Å². The van der Waals surface area contributed by atoms with Gasteiger partial charge >= 0.3 is 0 Å². The normalized spacial score (nSPS) is 12.5. The second-order valence-corrected chi connectivity index (χ2v) is 10.2. The van der Waals surface area contributed by atoms with E-state index in [-0.39, 0.29) is 30.9 Å². The Labute approximate surface area is 240 Å². The quantitative estimate of drug-likeness (QED) is 0.326. The molecule has 4 rings (SSSR count). The van der Waals surface area contributed by atoms with E-state index >= 15 is 0 Å². The highest BCUT2D eigenvalue weighted by Crippen LogP contribution is 2.34. The largest absolute Gasteiger partial charge is 0.455 e. The molecule has 1 aliphatic heterocycles. The van der Waals surface area contributed by atoms with E-state index in [9.17, 15) is 19.2 Å². The Morgan fingerprint density at radius 2 is 1.71 bits per heavy atom. The lowest BCUT2D eigenvalue weighted by Gasteiger charge is -2.32. The Kier molecular flexibility index (Phi) is 9.90. The maximum Gasteiger partial charge on any atom is 0.256 e. The number of anilines is 1. The standard InChI is InChI=1S/C31H35FN6O3/c1-22(2)34-14-15-35-30(39)20-37(21-31(40)36(3)38-18-24-6-4-5-7-25(24)19-38)28-16-23(17-33)8-13-29(28)41-27-11-9-26(32)10-12-27/h4-13,16,22,34H,14-15,18-21H2,1-3H3,(H,35,39). The number of amides is 2. The van der Waals surface area contributed by atoms with Gasteiger partial charge in [-0.05, 0) is 53.6 Å². The Morgan fingerprint density at radius 1 is 1.02 bits per heavy atom. The zero-order chi connectivity index (χ0) is 29.4. The number of nitrogens with one attached hydrogen (secondary N) is 2. The van der Waals surface area contributed by atoms with Crippen LogP contribution in [0.2, 0.25) is 0 Å². The number of fused-ring (bicyclic) bond motifs is 1. The van der Waals surface area contributed by atoms with E-state index in [0.29, 0.717) is 48.9 Å². The summed E-state index contributed by atoms with van der Waals surface area (Å²) >= 11 is 0. The van der Waals surface area contributed by atoms with Gasteiger partial charge in [0.05, 0.1) is 30.4 Å². The third-order valence-electron chi connectivity index (χ3n) is 6.74. The molecule has 41 heavy (non-hydrogen) atoms. The van der Waals surface area contributed by atoms with Gasteiger partial charge in [-0.3, -0.25) is 14.6 Å². The summed E-state index contributed by atoms with van der Waals surface area (Å²) in [5.74, 6) is -0.217. The molecule has 0 fully saturated rings. The van der Waals surface area contributed by atoms with Gasteiger partial charge in [-0.2, -0.15) is 5.26 Å². The van der Waals surface area contributed by atoms with E-state index in [2.05, 4.69) is 16.7 Å². The molecule has 0 aromatic heterocycles. The van der Waals surface area contributed by atoms with Gasteiger partial charge in [0.2, 0.25) is 5.91 Å². The summed E-state index contributed by atoms with van der Waals surface area (Å²) in [6, 6.07) is 20.8. The van der Waals surface area contributed by atoms with E-state index < -0.39 is 5.82 Å². The van der Waals surface area contributed by atoms with E-state index in [0.717, 1.165) is 11.1 Å². The number of rotatable bonds is 12. The molecule has 0 radical (unpaired) electrons. The number of benzene rings is 3. The van der Waals surface area contributed by atoms with Crippen LogP contribution in [0.5, 0.6) is 11.5 Å². The van der Waals surface area contributed by atoms with E-state index in [1.807, 2.05) is 43.1 Å². The fourth-order valence-electron chi connectivity index (χ4n) is 4.52. The number of hydrogen-bond acceptors (Lipinski definition) is 7. The SMILES string of the molecule is CC(C)NCCNC(=O)CN(CC(=O)N(C)N1Cc2ccccc2C1)c1cc(C#N)ccc1Oc1ccc(F)cc1. The third-order valence-corrected chi connectivity index (χ3v) is 6.74. The van der Waals surface area contributed by atoms with Crippen LogP contribution in [0, 0.1) is 17.1 Å². The fraction of sp³-hybridized carbons (Fsp3) is 0.323. The molecule has 1 aliphatic rings. The number of nitrogens with zero attached hydrogens (tertiary/aromatic N) is 4. The molecule has 0 saturated heterocycles. The summed E-state index contributed by atoms with van der Waals surface area (Å²) in [4.78, 5) is 28.2. The molecule has 0 unspecified atom stereocenters. The minimum absolute atomic E-state index is 0.143. The number of ether oxygens (including phenoxy) is 1. The molecule has 0 atom stereocenters. The van der Waals surface area contributed by atoms with Crippen LogP contribution in [-0.4, -0.2) is 61.1 Å². The summed E-state index contributed by atoms with van der Waals surface area (Å²) in [6.07, 6.45) is 0. The lowest BCUT2D eigenvalue weighted by Crippen LogP contribution is -2.48. The maximum absolute atomic E-state index is 13.6. The van der Waals surface area contributed by atoms with Crippen LogP contribution in [0.1, 0.15) is 30.5 Å². The van der Waals surface area contributed by atoms with Crippen LogP contribution >= 0.6 is 0 Å². The minimum atomic E-state index is -0.402. The maximum atomic E-state index is 13.6. The van der Waals surface area contributed by atoms with Crippen LogP contribution < -0.4 is 20.3 Å². The van der Waals surface area contributed by atoms with Crippen molar-refractivity contribution in [2.45, 2.75) is 33.0 Å². The molecule has 2 amide bonds. The number of halogens is 1. The molecule has 0 spiro atoms. The Hall–Kier alpha value is -4.46. The average Bonchev–Trinajstić information content (AvgIpc) is 3.40. The molecule has 3 aromatic rings. The van der Waals surface area contributed by atoms with Gasteiger partial charge in [-0.15, -0.1) is 0 Å². The first-order valence-electron chi connectivity index (χ1n) is 13.5. The molecule has 3 aromatic carbocycles. The summed E-state index contributed by atoms with van der Waals surface area (Å²) in [7, 11) is 1.71. The molecule has 2 N–H and O–H groups in total. The number of likely N-dealkylation sites (N-methyl/N-ethyl adjacent to an activating group) is 1. The zero-order valence-electron chi connectivity index (χ0n) is 23.6. The Morgan fingerprint density at radius 3 is 2.34 bits per heavy atom. The van der Waals surface area contributed by atoms with E-state index in [1.165, 1.54) is 24.3 Å². The summed E-state index contributed by atoms with van der Waals surface area (Å²) in [6.45, 7) is 5.98. The topological polar surface area (TPSA) is 101 Å². The highest BCUT2D eigenvalue weighted by molar-refractivity contribution is 5.87. The number of carbonyl (C=O) groups excluding carboxylic acids is 2. The molecular formula is C31H35FN6O3. The van der Waals surface area contributed by atoms with Crippen molar-refractivity contribution in [1.82, 2.24) is 20.7 Å². The van der Waals surface area contributed by atoms with E-state index in [4.69, 9.17) is 4.74 Å². The van der Waals surface area contributed by atoms with Crippen LogP contribution in [-0.2, 0) is 22.7 Å². The summed E-state index contributed by atoms with van der Waals surface area (Å²) in [5.41, 5.74) is 3.06. The first-order valence-corrected chi connectivity index (χ1v) is 13.5. The number of nitriles is 1. The van der Waals surface area contributed by atoms with Crippen LogP contribution in [0.3, 0.4) is 0 Å². The van der Waals surface area contributed by atoms with Crippen molar-refractivity contribution in [3.05, 3.63) is 89.2 Å². The minimum Gasteiger partial charge on any atom is -0.455 e. The third kappa shape index (κ3) is 8.03. The lowest BCUT2D eigenvalue weighted by atomic mass is 10.1. The van der Waals surface area contributed by atoms with Gasteiger partial charge in [0.1, 0.15) is 11.6 Å². The Balaban J connectivity index is 1.57. The molecule has 0 saturated carbocycles. The fourth-order valence-corrected chi connectivity index (χ4v) is 4.52. The number of hydrazine groups is 1. The molecule has 10 heteroatoms. The van der Waals surface area contributed by atoms with Gasteiger partial charge in [0.15, 0.2) is 5.75 Å². The monoisotopic (exact) mass is 558 g/mol. The molecule has 0 bridgehead atoms. The van der Waals surface area contributed by atoms with Crippen molar-refractivity contribution in [3.8, 4) is 17.6 Å². The predicted octanol–water partition coefficient (Wildman–Crippen LogP) is 3.80. The summed E-state index contributed by atoms with van der Waals surface area (Å²) in [5, 5.41) is 19.3.